The Hall–Kier alpha value is -0.280. The molecule has 2 nitrogen and oxygen atoms in total. The van der Waals surface area contributed by atoms with Gasteiger partial charge >= 0.3 is 0 Å². The molecule has 112 valence electrons. The molecular weight excluding hydrogens is 291 g/mol. The van der Waals surface area contributed by atoms with Crippen LogP contribution in [-0.4, -0.2) is 31.1 Å². The van der Waals surface area contributed by atoms with Gasteiger partial charge in [0, 0.05) is 5.54 Å². The minimum Gasteiger partial charge on any atom is -0.309 e. The zero-order valence-corrected chi connectivity index (χ0v) is 14.1. The molecule has 20 heavy (non-hydrogen) atoms. The van der Waals surface area contributed by atoms with Crippen molar-refractivity contribution < 1.29 is 0 Å². The van der Waals surface area contributed by atoms with Crippen LogP contribution < -0.4 is 5.32 Å². The van der Waals surface area contributed by atoms with E-state index in [0.717, 1.165) is 12.1 Å². The molecule has 0 aliphatic heterocycles. The highest BCUT2D eigenvalue weighted by Gasteiger charge is 2.44. The average molecular weight is 315 g/mol. The first kappa shape index (κ1) is 16.1. The summed E-state index contributed by atoms with van der Waals surface area (Å²) in [5, 5.41) is 4.97. The van der Waals surface area contributed by atoms with E-state index in [1.165, 1.54) is 25.7 Å². The number of likely N-dealkylation sites (N-methyl/N-ethyl adjacent to an activating group) is 2. The van der Waals surface area contributed by atoms with E-state index in [2.05, 4.69) is 37.3 Å². The van der Waals surface area contributed by atoms with Gasteiger partial charge in [-0.3, -0.25) is 0 Å². The Morgan fingerprint density at radius 2 is 1.90 bits per heavy atom. The molecule has 1 unspecified atom stereocenters. The minimum atomic E-state index is 0.129. The van der Waals surface area contributed by atoms with E-state index >= 15 is 0 Å². The van der Waals surface area contributed by atoms with Crippen LogP contribution in [0.15, 0.2) is 18.2 Å². The Kier molecular flexibility index (Phi) is 5.36. The summed E-state index contributed by atoms with van der Waals surface area (Å²) in [7, 11) is 4.35. The molecule has 2 rings (SSSR count). The summed E-state index contributed by atoms with van der Waals surface area (Å²) in [6, 6.07) is 6.17. The Morgan fingerprint density at radius 1 is 1.25 bits per heavy atom. The lowest BCUT2D eigenvalue weighted by atomic mass is 9.82. The maximum Gasteiger partial charge on any atom is 0.0640 e. The lowest BCUT2D eigenvalue weighted by molar-refractivity contribution is 0.105. The van der Waals surface area contributed by atoms with Crippen LogP contribution in [0.25, 0.3) is 0 Å². The van der Waals surface area contributed by atoms with Gasteiger partial charge in [0.1, 0.15) is 0 Å². The van der Waals surface area contributed by atoms with Gasteiger partial charge in [0.2, 0.25) is 0 Å². The summed E-state index contributed by atoms with van der Waals surface area (Å²) in [5.41, 5.74) is 1.25. The van der Waals surface area contributed by atoms with Gasteiger partial charge in [-0.05, 0) is 45.1 Å². The van der Waals surface area contributed by atoms with Gasteiger partial charge < -0.3 is 10.2 Å². The predicted molar refractivity (Wildman–Crippen MR) is 87.8 cm³/mol. The molecule has 4 heteroatoms. The van der Waals surface area contributed by atoms with Crippen LogP contribution in [0.1, 0.15) is 44.2 Å². The maximum absolute atomic E-state index is 6.48. The van der Waals surface area contributed by atoms with Crippen LogP contribution in [-0.2, 0) is 0 Å². The van der Waals surface area contributed by atoms with Crippen molar-refractivity contribution in [3.8, 4) is 0 Å². The highest BCUT2D eigenvalue weighted by Crippen LogP contribution is 2.45. The Morgan fingerprint density at radius 3 is 2.45 bits per heavy atom. The van der Waals surface area contributed by atoms with Gasteiger partial charge in [-0.15, -0.1) is 0 Å². The second kappa shape index (κ2) is 6.65. The van der Waals surface area contributed by atoms with Crippen LogP contribution in [0.2, 0.25) is 10.0 Å². The summed E-state index contributed by atoms with van der Waals surface area (Å²) in [5.74, 6) is 0. The van der Waals surface area contributed by atoms with Crippen molar-refractivity contribution >= 4 is 23.2 Å². The van der Waals surface area contributed by atoms with Crippen LogP contribution >= 0.6 is 23.2 Å². The smallest absolute Gasteiger partial charge is 0.0640 e. The Labute approximate surface area is 132 Å². The third kappa shape index (κ3) is 2.85. The molecule has 1 aliphatic carbocycles. The van der Waals surface area contributed by atoms with Crippen molar-refractivity contribution in [2.45, 2.75) is 44.2 Å². The first-order valence-electron chi connectivity index (χ1n) is 7.37. The van der Waals surface area contributed by atoms with E-state index < -0.39 is 0 Å². The van der Waals surface area contributed by atoms with Crippen molar-refractivity contribution in [2.24, 2.45) is 0 Å². The Bertz CT molecular complexity index is 454. The molecule has 1 saturated carbocycles. The van der Waals surface area contributed by atoms with Gasteiger partial charge in [-0.2, -0.15) is 0 Å². The van der Waals surface area contributed by atoms with Crippen molar-refractivity contribution in [3.63, 3.8) is 0 Å². The average Bonchev–Trinajstić information content (AvgIpc) is 2.90. The molecule has 1 N–H and O–H groups in total. The number of hydrogen-bond donors (Lipinski definition) is 1. The summed E-state index contributed by atoms with van der Waals surface area (Å²) in [6.45, 7) is 3.06. The van der Waals surface area contributed by atoms with Crippen LogP contribution in [0.5, 0.6) is 0 Å². The van der Waals surface area contributed by atoms with E-state index in [9.17, 15) is 0 Å². The van der Waals surface area contributed by atoms with Gasteiger partial charge in [0.25, 0.3) is 0 Å². The van der Waals surface area contributed by atoms with Crippen LogP contribution in [0.4, 0.5) is 0 Å². The molecule has 1 atom stereocenters. The second-order valence-corrected chi connectivity index (χ2v) is 6.62. The quantitative estimate of drug-likeness (QED) is 0.859. The SMILES string of the molecule is CCNC(c1cccc(Cl)c1Cl)C1(N(C)C)CCCC1. The lowest BCUT2D eigenvalue weighted by Gasteiger charge is -2.44. The Balaban J connectivity index is 2.47. The molecule has 1 aliphatic rings. The number of nitrogens with zero attached hydrogens (tertiary/aromatic N) is 1. The van der Waals surface area contributed by atoms with Crippen molar-refractivity contribution in [1.29, 1.82) is 0 Å². The number of nitrogens with one attached hydrogen (secondary N) is 1. The van der Waals surface area contributed by atoms with Crippen molar-refractivity contribution in [1.82, 2.24) is 10.2 Å². The minimum absolute atomic E-state index is 0.129. The second-order valence-electron chi connectivity index (χ2n) is 5.84. The standard InChI is InChI=1S/C16H24Cl2N2/c1-4-19-15(12-8-7-9-13(17)14(12)18)16(20(2)3)10-5-6-11-16/h7-9,15,19H,4-6,10-11H2,1-3H3. The van der Waals surface area contributed by atoms with E-state index in [4.69, 9.17) is 23.2 Å². The van der Waals surface area contributed by atoms with Crippen LogP contribution in [0.3, 0.4) is 0 Å². The third-order valence-electron chi connectivity index (χ3n) is 4.60. The fourth-order valence-electron chi connectivity index (χ4n) is 3.52. The molecule has 0 radical (unpaired) electrons. The van der Waals surface area contributed by atoms with Gasteiger partial charge in [0.05, 0.1) is 16.1 Å². The third-order valence-corrected chi connectivity index (χ3v) is 5.43. The molecule has 0 aromatic heterocycles. The van der Waals surface area contributed by atoms with Crippen molar-refractivity contribution in [3.05, 3.63) is 33.8 Å². The summed E-state index contributed by atoms with van der Waals surface area (Å²) < 4.78 is 0. The number of benzene rings is 1. The molecule has 1 aromatic carbocycles. The maximum atomic E-state index is 6.48. The largest absolute Gasteiger partial charge is 0.309 e. The molecule has 0 saturated heterocycles. The normalized spacial score (nSPS) is 19.5. The van der Waals surface area contributed by atoms with Crippen LogP contribution in [0, 0.1) is 0 Å². The van der Waals surface area contributed by atoms with Gasteiger partial charge in [-0.25, -0.2) is 0 Å². The fraction of sp³-hybridized carbons (Fsp3) is 0.625. The molecule has 1 fully saturated rings. The monoisotopic (exact) mass is 314 g/mol. The number of rotatable bonds is 5. The lowest BCUT2D eigenvalue weighted by Crippen LogP contribution is -2.52. The molecular formula is C16H24Cl2N2. The highest BCUT2D eigenvalue weighted by atomic mass is 35.5. The van der Waals surface area contributed by atoms with E-state index in [0.29, 0.717) is 10.0 Å². The summed E-state index contributed by atoms with van der Waals surface area (Å²) in [6.07, 6.45) is 4.94. The van der Waals surface area contributed by atoms with E-state index in [1.54, 1.807) is 0 Å². The summed E-state index contributed by atoms with van der Waals surface area (Å²) in [4.78, 5) is 2.37. The van der Waals surface area contributed by atoms with E-state index in [-0.39, 0.29) is 11.6 Å². The number of hydrogen-bond acceptors (Lipinski definition) is 2. The first-order valence-corrected chi connectivity index (χ1v) is 8.13. The fourth-order valence-corrected chi connectivity index (χ4v) is 3.94. The molecule has 0 bridgehead atoms. The van der Waals surface area contributed by atoms with E-state index in [1.807, 2.05) is 12.1 Å². The molecule has 0 amide bonds. The van der Waals surface area contributed by atoms with Gasteiger partial charge in [0.15, 0.2) is 0 Å². The van der Waals surface area contributed by atoms with Gasteiger partial charge in [-0.1, -0.05) is 55.1 Å². The zero-order chi connectivity index (χ0) is 14.8. The zero-order valence-electron chi connectivity index (χ0n) is 12.5. The molecule has 0 spiro atoms. The van der Waals surface area contributed by atoms with Crippen molar-refractivity contribution in [2.75, 3.05) is 20.6 Å². The summed E-state index contributed by atoms with van der Waals surface area (Å²) >= 11 is 12.7. The topological polar surface area (TPSA) is 15.3 Å². The number of halogens is 2. The predicted octanol–water partition coefficient (Wildman–Crippen LogP) is 4.52. The first-order chi connectivity index (χ1) is 9.53. The molecule has 1 aromatic rings. The molecule has 0 heterocycles. The highest BCUT2D eigenvalue weighted by molar-refractivity contribution is 6.42.